The molecular formula is C19H17N3O3S. The van der Waals surface area contributed by atoms with Crippen molar-refractivity contribution < 1.29 is 14.3 Å². The van der Waals surface area contributed by atoms with Gasteiger partial charge < -0.3 is 10.1 Å². The van der Waals surface area contributed by atoms with Gasteiger partial charge in [0.05, 0.1) is 29.4 Å². The number of fused-ring (bicyclic) bond motifs is 1. The number of nitrogens with one attached hydrogen (secondary N) is 1. The Balaban J connectivity index is 1.63. The average molecular weight is 367 g/mol. The predicted molar refractivity (Wildman–Crippen MR) is 99.7 cm³/mol. The van der Waals surface area contributed by atoms with E-state index >= 15 is 0 Å². The van der Waals surface area contributed by atoms with Crippen LogP contribution in [0.1, 0.15) is 52.1 Å². The zero-order chi connectivity index (χ0) is 18.1. The number of hydrogen-bond donors (Lipinski definition) is 1. The Bertz CT molecular complexity index is 995. The highest BCUT2D eigenvalue weighted by Gasteiger charge is 2.32. The highest BCUT2D eigenvalue weighted by molar-refractivity contribution is 7.15. The van der Waals surface area contributed by atoms with Crippen molar-refractivity contribution >= 4 is 39.2 Å². The minimum absolute atomic E-state index is 0.208. The van der Waals surface area contributed by atoms with Gasteiger partial charge in [0.25, 0.3) is 5.91 Å². The van der Waals surface area contributed by atoms with E-state index in [0.717, 1.165) is 23.9 Å². The first-order chi connectivity index (χ1) is 12.7. The van der Waals surface area contributed by atoms with Crippen LogP contribution in [0.3, 0.4) is 0 Å². The summed E-state index contributed by atoms with van der Waals surface area (Å²) in [7, 11) is 0. The molecule has 0 radical (unpaired) electrons. The van der Waals surface area contributed by atoms with Gasteiger partial charge >= 0.3 is 5.97 Å². The number of amides is 1. The van der Waals surface area contributed by atoms with Gasteiger partial charge in [-0.25, -0.2) is 9.78 Å². The number of carbonyl (C=O) groups excluding carboxylic acids is 2. The molecule has 3 aromatic rings. The van der Waals surface area contributed by atoms with Crippen LogP contribution >= 0.6 is 11.3 Å². The summed E-state index contributed by atoms with van der Waals surface area (Å²) in [5, 5.41) is 5.25. The molecule has 1 aliphatic rings. The molecule has 0 aliphatic heterocycles. The van der Waals surface area contributed by atoms with Gasteiger partial charge in [0.15, 0.2) is 0 Å². The van der Waals surface area contributed by atoms with E-state index in [2.05, 4.69) is 15.3 Å². The highest BCUT2D eigenvalue weighted by atomic mass is 32.1. The lowest BCUT2D eigenvalue weighted by atomic mass is 10.1. The Kier molecular flexibility index (Phi) is 4.38. The smallest absolute Gasteiger partial charge is 0.341 e. The lowest BCUT2D eigenvalue weighted by Gasteiger charge is -2.08. The number of benzene rings is 1. The zero-order valence-corrected chi connectivity index (χ0v) is 15.0. The van der Waals surface area contributed by atoms with Crippen molar-refractivity contribution in [3.05, 3.63) is 52.7 Å². The van der Waals surface area contributed by atoms with E-state index in [1.54, 1.807) is 13.0 Å². The molecule has 26 heavy (non-hydrogen) atoms. The topological polar surface area (TPSA) is 81.2 Å². The normalized spacial score (nSPS) is 13.6. The number of thiophene rings is 1. The van der Waals surface area contributed by atoms with Crippen LogP contribution in [-0.4, -0.2) is 28.5 Å². The molecule has 6 nitrogen and oxygen atoms in total. The molecule has 0 unspecified atom stereocenters. The number of anilines is 1. The summed E-state index contributed by atoms with van der Waals surface area (Å²) in [4.78, 5) is 33.6. The van der Waals surface area contributed by atoms with Crippen molar-refractivity contribution in [2.24, 2.45) is 0 Å². The average Bonchev–Trinajstić information content (AvgIpc) is 3.42. The third-order valence-electron chi connectivity index (χ3n) is 4.22. The molecular weight excluding hydrogens is 350 g/mol. The van der Waals surface area contributed by atoms with Crippen molar-refractivity contribution in [2.75, 3.05) is 11.9 Å². The number of hydrogen-bond acceptors (Lipinski definition) is 6. The molecule has 1 aromatic carbocycles. The number of rotatable bonds is 5. The molecule has 1 amide bonds. The molecule has 1 fully saturated rings. The molecule has 2 heterocycles. The second-order valence-electron chi connectivity index (χ2n) is 6.09. The van der Waals surface area contributed by atoms with E-state index in [4.69, 9.17) is 4.74 Å². The largest absolute Gasteiger partial charge is 0.462 e. The maximum absolute atomic E-state index is 12.6. The number of aromatic nitrogens is 2. The van der Waals surface area contributed by atoms with Crippen molar-refractivity contribution in [1.29, 1.82) is 0 Å². The Labute approximate surface area is 154 Å². The maximum atomic E-state index is 12.6. The van der Waals surface area contributed by atoms with Crippen LogP contribution in [0.5, 0.6) is 0 Å². The first-order valence-corrected chi connectivity index (χ1v) is 9.37. The molecule has 0 atom stereocenters. The number of carbonyl (C=O) groups is 2. The summed E-state index contributed by atoms with van der Waals surface area (Å²) in [5.74, 6) is -0.398. The number of esters is 1. The van der Waals surface area contributed by atoms with E-state index in [1.807, 2.05) is 23.6 Å². The Morgan fingerprint density at radius 3 is 2.77 bits per heavy atom. The summed E-state index contributed by atoms with van der Waals surface area (Å²) in [6, 6.07) is 7.36. The fourth-order valence-corrected chi connectivity index (χ4v) is 3.83. The predicted octanol–water partition coefficient (Wildman–Crippen LogP) is 4.00. The van der Waals surface area contributed by atoms with Crippen LogP contribution in [0.25, 0.3) is 11.0 Å². The first-order valence-electron chi connectivity index (χ1n) is 8.49. The summed E-state index contributed by atoms with van der Waals surface area (Å²) >= 11 is 1.34. The molecule has 2 aromatic heterocycles. The van der Waals surface area contributed by atoms with Gasteiger partial charge in [-0.1, -0.05) is 12.1 Å². The van der Waals surface area contributed by atoms with Crippen molar-refractivity contribution in [1.82, 2.24) is 9.97 Å². The maximum Gasteiger partial charge on any atom is 0.341 e. The fourth-order valence-electron chi connectivity index (χ4n) is 2.81. The third kappa shape index (κ3) is 3.17. The molecule has 1 aliphatic carbocycles. The van der Waals surface area contributed by atoms with Crippen molar-refractivity contribution in [3.63, 3.8) is 0 Å². The SMILES string of the molecule is CCOC(=O)c1c(C2CC2)csc1NC(=O)c1cnc2ccccc2n1. The molecule has 7 heteroatoms. The lowest BCUT2D eigenvalue weighted by molar-refractivity contribution is 0.0527. The summed E-state index contributed by atoms with van der Waals surface area (Å²) in [6.45, 7) is 2.06. The molecule has 132 valence electrons. The van der Waals surface area contributed by atoms with Crippen molar-refractivity contribution in [2.45, 2.75) is 25.7 Å². The summed E-state index contributed by atoms with van der Waals surface area (Å²) in [5.41, 5.74) is 3.02. The van der Waals surface area contributed by atoms with Gasteiger partial charge in [-0.2, -0.15) is 0 Å². The quantitative estimate of drug-likeness (QED) is 0.690. The number of ether oxygens (including phenoxy) is 1. The second kappa shape index (κ2) is 6.84. The molecule has 4 rings (SSSR count). The first kappa shape index (κ1) is 16.7. The molecule has 1 N–H and O–H groups in total. The van der Waals surface area contributed by atoms with E-state index in [0.29, 0.717) is 28.6 Å². The highest BCUT2D eigenvalue weighted by Crippen LogP contribution is 2.46. The molecule has 1 saturated carbocycles. The van der Waals surface area contributed by atoms with Crippen LogP contribution in [0.2, 0.25) is 0 Å². The summed E-state index contributed by atoms with van der Waals surface area (Å²) < 4.78 is 5.18. The Morgan fingerprint density at radius 2 is 2.04 bits per heavy atom. The lowest BCUT2D eigenvalue weighted by Crippen LogP contribution is -2.16. The van der Waals surface area contributed by atoms with Crippen molar-refractivity contribution in [3.8, 4) is 0 Å². The third-order valence-corrected chi connectivity index (χ3v) is 5.14. The second-order valence-corrected chi connectivity index (χ2v) is 6.97. The van der Waals surface area contributed by atoms with Gasteiger partial charge in [-0.15, -0.1) is 11.3 Å². The molecule has 0 bridgehead atoms. The standard InChI is InChI=1S/C19H17N3O3S/c1-2-25-19(24)16-12(11-7-8-11)10-26-18(16)22-17(23)15-9-20-13-5-3-4-6-14(13)21-15/h3-6,9-11H,2,7-8H2,1H3,(H,22,23). The van der Waals surface area contributed by atoms with Gasteiger partial charge in [0, 0.05) is 0 Å². The Hall–Kier alpha value is -2.80. The fraction of sp³-hybridized carbons (Fsp3) is 0.263. The van der Waals surface area contributed by atoms with Gasteiger partial charge in [-0.3, -0.25) is 9.78 Å². The van der Waals surface area contributed by atoms with Crippen LogP contribution in [0.4, 0.5) is 5.00 Å². The van der Waals surface area contributed by atoms with E-state index in [9.17, 15) is 9.59 Å². The van der Waals surface area contributed by atoms with Crippen LogP contribution in [0.15, 0.2) is 35.8 Å². The van der Waals surface area contributed by atoms with E-state index < -0.39 is 11.9 Å². The minimum atomic E-state index is -0.393. The summed E-state index contributed by atoms with van der Waals surface area (Å²) in [6.07, 6.45) is 3.57. The van der Waals surface area contributed by atoms with E-state index in [1.165, 1.54) is 17.5 Å². The minimum Gasteiger partial charge on any atom is -0.462 e. The monoisotopic (exact) mass is 367 g/mol. The molecule has 0 spiro atoms. The Morgan fingerprint density at radius 1 is 1.27 bits per heavy atom. The zero-order valence-electron chi connectivity index (χ0n) is 14.2. The number of para-hydroxylation sites is 2. The van der Waals surface area contributed by atoms with Crippen LogP contribution < -0.4 is 5.32 Å². The number of nitrogens with zero attached hydrogens (tertiary/aromatic N) is 2. The van der Waals surface area contributed by atoms with Crippen LogP contribution in [-0.2, 0) is 4.74 Å². The van der Waals surface area contributed by atoms with Gasteiger partial charge in [0.1, 0.15) is 10.7 Å². The van der Waals surface area contributed by atoms with E-state index in [-0.39, 0.29) is 5.69 Å². The molecule has 0 saturated heterocycles. The van der Waals surface area contributed by atoms with Crippen LogP contribution in [0, 0.1) is 0 Å². The van der Waals surface area contributed by atoms with Gasteiger partial charge in [0.2, 0.25) is 0 Å². The van der Waals surface area contributed by atoms with Gasteiger partial charge in [-0.05, 0) is 48.8 Å².